The molecule has 0 aliphatic rings. The summed E-state index contributed by atoms with van der Waals surface area (Å²) in [7, 11) is 0. The summed E-state index contributed by atoms with van der Waals surface area (Å²) in [4.78, 5) is 20.4. The lowest BCUT2D eigenvalue weighted by Crippen LogP contribution is -2.31. The number of anilines is 3. The van der Waals surface area contributed by atoms with Gasteiger partial charge in [-0.05, 0) is 36.4 Å². The van der Waals surface area contributed by atoms with E-state index < -0.39 is 0 Å². The molecule has 0 unspecified atom stereocenters. The summed E-state index contributed by atoms with van der Waals surface area (Å²) in [6.45, 7) is 1.25. The number of carbonyl (C=O) groups is 1. The molecule has 9 nitrogen and oxygen atoms in total. The molecule has 3 heterocycles. The molecule has 1 amide bonds. The van der Waals surface area contributed by atoms with Gasteiger partial charge in [-0.2, -0.15) is 0 Å². The number of fused-ring (bicyclic) bond motifs is 1. The number of hydrogen-bond acceptors (Lipinski definition) is 7. The summed E-state index contributed by atoms with van der Waals surface area (Å²) >= 11 is 0. The molecule has 0 aliphatic carbocycles. The Hall–Kier alpha value is -4.01. The molecule has 0 aliphatic heterocycles. The number of carbonyl (C=O) groups excluding carboxylic acids is 1. The van der Waals surface area contributed by atoms with Gasteiger partial charge in [-0.3, -0.25) is 9.78 Å². The molecule has 4 aromatic rings. The second-order valence-electron chi connectivity index (χ2n) is 6.30. The summed E-state index contributed by atoms with van der Waals surface area (Å²) in [5.41, 5.74) is 2.71. The highest BCUT2D eigenvalue weighted by atomic mass is 16.1. The van der Waals surface area contributed by atoms with Crippen LogP contribution >= 0.6 is 0 Å². The summed E-state index contributed by atoms with van der Waals surface area (Å²) in [5, 5.41) is 17.4. The molecule has 0 fully saturated rings. The number of nitrogens with one attached hydrogen (secondary N) is 3. The Balaban J connectivity index is 1.20. The van der Waals surface area contributed by atoms with E-state index in [1.54, 1.807) is 18.7 Å². The highest BCUT2D eigenvalue weighted by molar-refractivity contribution is 5.80. The van der Waals surface area contributed by atoms with Gasteiger partial charge in [-0.15, -0.1) is 10.2 Å². The number of hydrogen-bond donors (Lipinski definition) is 3. The predicted octanol–water partition coefficient (Wildman–Crippen LogP) is 2.19. The van der Waals surface area contributed by atoms with Crippen molar-refractivity contribution in [1.82, 2.24) is 30.0 Å². The van der Waals surface area contributed by atoms with Gasteiger partial charge in [-0.1, -0.05) is 12.1 Å². The Morgan fingerprint density at radius 1 is 0.931 bits per heavy atom. The van der Waals surface area contributed by atoms with E-state index in [1.807, 2.05) is 53.1 Å². The average molecular weight is 388 g/mol. The third kappa shape index (κ3) is 4.83. The Kier molecular flexibility index (Phi) is 5.56. The molecule has 4 rings (SSSR count). The predicted molar refractivity (Wildman–Crippen MR) is 111 cm³/mol. The van der Waals surface area contributed by atoms with Crippen molar-refractivity contribution in [2.75, 3.05) is 23.7 Å². The van der Waals surface area contributed by atoms with E-state index in [2.05, 4.69) is 36.1 Å². The first-order valence-corrected chi connectivity index (χ1v) is 9.19. The van der Waals surface area contributed by atoms with Gasteiger partial charge >= 0.3 is 0 Å². The number of amides is 1. The zero-order chi connectivity index (χ0) is 19.9. The smallest absolute Gasteiger partial charge is 0.240 e. The Morgan fingerprint density at radius 2 is 1.72 bits per heavy atom. The van der Waals surface area contributed by atoms with Gasteiger partial charge in [-0.25, -0.2) is 4.98 Å². The first-order chi connectivity index (χ1) is 14.3. The second-order valence-corrected chi connectivity index (χ2v) is 6.30. The van der Waals surface area contributed by atoms with Crippen LogP contribution in [0.4, 0.5) is 17.3 Å². The molecule has 0 radical (unpaired) electrons. The van der Waals surface area contributed by atoms with Crippen LogP contribution < -0.4 is 16.0 Å². The fourth-order valence-corrected chi connectivity index (χ4v) is 2.82. The molecule has 0 saturated heterocycles. The summed E-state index contributed by atoms with van der Waals surface area (Å²) in [6, 6.07) is 15.1. The van der Waals surface area contributed by atoms with E-state index in [9.17, 15) is 4.79 Å². The van der Waals surface area contributed by atoms with Crippen molar-refractivity contribution in [2.24, 2.45) is 0 Å². The zero-order valence-corrected chi connectivity index (χ0v) is 15.6. The number of aromatic nitrogens is 5. The zero-order valence-electron chi connectivity index (χ0n) is 15.6. The summed E-state index contributed by atoms with van der Waals surface area (Å²) in [5.74, 6) is 1.21. The minimum absolute atomic E-state index is 0.0714. The highest BCUT2D eigenvalue weighted by Gasteiger charge is 2.06. The minimum atomic E-state index is -0.0714. The molecule has 1 aromatic carbocycles. The molecule has 0 atom stereocenters. The SMILES string of the molecule is O=C(Cn1cnc2ccccc21)NCCNc1ccc(Nc2ccncc2)nn1. The van der Waals surface area contributed by atoms with Crippen LogP contribution in [0.15, 0.2) is 67.3 Å². The maximum atomic E-state index is 12.2. The molecular formula is C20H20N8O. The van der Waals surface area contributed by atoms with E-state index >= 15 is 0 Å². The lowest BCUT2D eigenvalue weighted by Gasteiger charge is -2.09. The fourth-order valence-electron chi connectivity index (χ4n) is 2.82. The van der Waals surface area contributed by atoms with E-state index in [1.165, 1.54) is 0 Å². The van der Waals surface area contributed by atoms with Crippen LogP contribution in [0.5, 0.6) is 0 Å². The van der Waals surface area contributed by atoms with Gasteiger partial charge in [0.1, 0.15) is 12.4 Å². The van der Waals surface area contributed by atoms with Crippen LogP contribution in [0.3, 0.4) is 0 Å². The van der Waals surface area contributed by atoms with Crippen molar-refractivity contribution in [3.8, 4) is 0 Å². The molecule has 29 heavy (non-hydrogen) atoms. The van der Waals surface area contributed by atoms with Crippen LogP contribution in [0.25, 0.3) is 11.0 Å². The topological polar surface area (TPSA) is 110 Å². The van der Waals surface area contributed by atoms with Crippen LogP contribution in [0, 0.1) is 0 Å². The Labute approximate surface area is 167 Å². The molecule has 0 spiro atoms. The van der Waals surface area contributed by atoms with Crippen LogP contribution in [0.1, 0.15) is 0 Å². The number of pyridine rings is 1. The standard InChI is InChI=1S/C20H20N8O/c29-20(13-28-14-24-16-3-1-2-4-17(16)28)23-12-11-22-18-5-6-19(27-26-18)25-15-7-9-21-10-8-15/h1-10,14H,11-13H2,(H,22,26)(H,23,29)(H,21,25,27). The van der Waals surface area contributed by atoms with Gasteiger partial charge in [0.15, 0.2) is 5.82 Å². The van der Waals surface area contributed by atoms with Crippen molar-refractivity contribution in [3.63, 3.8) is 0 Å². The van der Waals surface area contributed by atoms with E-state index in [0.29, 0.717) is 24.7 Å². The van der Waals surface area contributed by atoms with Crippen molar-refractivity contribution in [2.45, 2.75) is 6.54 Å². The maximum Gasteiger partial charge on any atom is 0.240 e. The number of rotatable bonds is 8. The average Bonchev–Trinajstić information content (AvgIpc) is 3.16. The van der Waals surface area contributed by atoms with Crippen molar-refractivity contribution >= 4 is 34.3 Å². The minimum Gasteiger partial charge on any atom is -0.367 e. The van der Waals surface area contributed by atoms with Crippen LogP contribution in [0.2, 0.25) is 0 Å². The molecule has 3 N–H and O–H groups in total. The molecule has 0 bridgehead atoms. The third-order valence-corrected chi connectivity index (χ3v) is 4.21. The lowest BCUT2D eigenvalue weighted by molar-refractivity contribution is -0.121. The van der Waals surface area contributed by atoms with Crippen molar-refractivity contribution < 1.29 is 4.79 Å². The van der Waals surface area contributed by atoms with Gasteiger partial charge in [0.05, 0.1) is 17.4 Å². The second kappa shape index (κ2) is 8.79. The van der Waals surface area contributed by atoms with Gasteiger partial charge in [0.2, 0.25) is 5.91 Å². The number of imidazole rings is 1. The Morgan fingerprint density at radius 3 is 2.55 bits per heavy atom. The van der Waals surface area contributed by atoms with E-state index in [-0.39, 0.29) is 12.5 Å². The van der Waals surface area contributed by atoms with Crippen molar-refractivity contribution in [3.05, 3.63) is 67.3 Å². The first kappa shape index (κ1) is 18.4. The fraction of sp³-hybridized carbons (Fsp3) is 0.150. The highest BCUT2D eigenvalue weighted by Crippen LogP contribution is 2.13. The van der Waals surface area contributed by atoms with Gasteiger partial charge < -0.3 is 20.5 Å². The molecule has 9 heteroatoms. The van der Waals surface area contributed by atoms with Crippen molar-refractivity contribution in [1.29, 1.82) is 0 Å². The number of benzene rings is 1. The number of para-hydroxylation sites is 2. The summed E-state index contributed by atoms with van der Waals surface area (Å²) in [6.07, 6.45) is 5.09. The Bertz CT molecular complexity index is 1080. The van der Waals surface area contributed by atoms with Gasteiger partial charge in [0.25, 0.3) is 0 Å². The molecule has 3 aromatic heterocycles. The van der Waals surface area contributed by atoms with Gasteiger partial charge in [0, 0.05) is 31.2 Å². The first-order valence-electron chi connectivity index (χ1n) is 9.19. The number of nitrogens with zero attached hydrogens (tertiary/aromatic N) is 5. The van der Waals surface area contributed by atoms with Crippen LogP contribution in [-0.4, -0.2) is 43.7 Å². The molecular weight excluding hydrogens is 368 g/mol. The lowest BCUT2D eigenvalue weighted by atomic mass is 10.3. The normalized spacial score (nSPS) is 10.6. The molecule has 146 valence electrons. The quantitative estimate of drug-likeness (QED) is 0.397. The largest absolute Gasteiger partial charge is 0.367 e. The monoisotopic (exact) mass is 388 g/mol. The summed E-state index contributed by atoms with van der Waals surface area (Å²) < 4.78 is 1.83. The van der Waals surface area contributed by atoms with E-state index in [0.717, 1.165) is 16.7 Å². The van der Waals surface area contributed by atoms with E-state index in [4.69, 9.17) is 0 Å². The van der Waals surface area contributed by atoms with Crippen LogP contribution in [-0.2, 0) is 11.3 Å². The maximum absolute atomic E-state index is 12.2. The third-order valence-electron chi connectivity index (χ3n) is 4.21. The molecule has 0 saturated carbocycles.